The number of hydrogen-bond donors (Lipinski definition) is 1. The predicted molar refractivity (Wildman–Crippen MR) is 57.7 cm³/mol. The van der Waals surface area contributed by atoms with Crippen molar-refractivity contribution >= 4 is 0 Å². The van der Waals surface area contributed by atoms with Gasteiger partial charge in [0.2, 0.25) is 0 Å². The molecule has 0 radical (unpaired) electrons. The van der Waals surface area contributed by atoms with Gasteiger partial charge in [0.1, 0.15) is 0 Å². The monoisotopic (exact) mass is 194 g/mol. The van der Waals surface area contributed by atoms with E-state index in [1.807, 2.05) is 7.05 Å². The molecule has 1 rings (SSSR count). The number of hydrazine groups is 1. The van der Waals surface area contributed by atoms with Crippen LogP contribution in [-0.4, -0.2) is 25.7 Å². The van der Waals surface area contributed by atoms with Crippen LogP contribution in [0.4, 0.5) is 0 Å². The van der Waals surface area contributed by atoms with Crippen LogP contribution < -0.4 is 5.84 Å². The van der Waals surface area contributed by atoms with Crippen molar-refractivity contribution in [2.75, 3.05) is 20.7 Å². The van der Waals surface area contributed by atoms with E-state index >= 15 is 0 Å². The smallest absolute Gasteiger partial charge is 0.0961 e. The summed E-state index contributed by atoms with van der Waals surface area (Å²) in [6.07, 6.45) is 0.0469. The van der Waals surface area contributed by atoms with Crippen LogP contribution in [0.25, 0.3) is 0 Å². The Morgan fingerprint density at radius 2 is 1.93 bits per heavy atom. The molecule has 1 unspecified atom stereocenters. The van der Waals surface area contributed by atoms with Crippen molar-refractivity contribution in [2.45, 2.75) is 13.0 Å². The van der Waals surface area contributed by atoms with E-state index in [2.05, 4.69) is 31.2 Å². The van der Waals surface area contributed by atoms with Gasteiger partial charge in [-0.25, -0.2) is 5.01 Å². The highest BCUT2D eigenvalue weighted by Gasteiger charge is 2.10. The van der Waals surface area contributed by atoms with Crippen LogP contribution in [0.1, 0.15) is 17.2 Å². The Morgan fingerprint density at radius 1 is 1.36 bits per heavy atom. The summed E-state index contributed by atoms with van der Waals surface area (Å²) in [5, 5.41) is 1.63. The van der Waals surface area contributed by atoms with E-state index in [9.17, 15) is 0 Å². The van der Waals surface area contributed by atoms with Crippen LogP contribution in [0, 0.1) is 6.92 Å². The van der Waals surface area contributed by atoms with Crippen LogP contribution in [0.5, 0.6) is 0 Å². The highest BCUT2D eigenvalue weighted by Crippen LogP contribution is 2.17. The molecule has 3 heteroatoms. The van der Waals surface area contributed by atoms with Crippen LogP contribution in [0.3, 0.4) is 0 Å². The molecule has 2 N–H and O–H groups in total. The maximum absolute atomic E-state index is 5.59. The second-order valence-electron chi connectivity index (χ2n) is 3.57. The number of nitrogens with two attached hydrogens (primary N) is 1. The molecule has 0 aliphatic carbocycles. The maximum atomic E-state index is 5.59. The lowest BCUT2D eigenvalue weighted by atomic mass is 10.1. The number of methoxy groups -OCH3 is 1. The topological polar surface area (TPSA) is 38.5 Å². The number of aryl methyl sites for hydroxylation is 1. The molecule has 0 saturated carbocycles. The van der Waals surface area contributed by atoms with E-state index in [0.29, 0.717) is 6.54 Å². The highest BCUT2D eigenvalue weighted by molar-refractivity contribution is 5.23. The van der Waals surface area contributed by atoms with Crippen LogP contribution >= 0.6 is 0 Å². The van der Waals surface area contributed by atoms with Gasteiger partial charge in [0, 0.05) is 20.7 Å². The summed E-state index contributed by atoms with van der Waals surface area (Å²) >= 11 is 0. The van der Waals surface area contributed by atoms with Crippen molar-refractivity contribution in [2.24, 2.45) is 5.84 Å². The van der Waals surface area contributed by atoms with Gasteiger partial charge >= 0.3 is 0 Å². The Hall–Kier alpha value is -0.900. The lowest BCUT2D eigenvalue weighted by molar-refractivity contribution is 0.0717. The minimum atomic E-state index is 0.0469. The summed E-state index contributed by atoms with van der Waals surface area (Å²) in [5.41, 5.74) is 2.42. The molecule has 0 bridgehead atoms. The Bertz CT molecular complexity index is 269. The molecular weight excluding hydrogens is 176 g/mol. The van der Waals surface area contributed by atoms with Gasteiger partial charge in [-0.05, 0) is 12.5 Å². The van der Waals surface area contributed by atoms with Crippen LogP contribution in [0.2, 0.25) is 0 Å². The van der Waals surface area contributed by atoms with Gasteiger partial charge in [-0.15, -0.1) is 0 Å². The number of benzene rings is 1. The van der Waals surface area contributed by atoms with Gasteiger partial charge in [0.25, 0.3) is 0 Å². The average Bonchev–Trinajstić information content (AvgIpc) is 2.15. The first-order valence-corrected chi connectivity index (χ1v) is 4.68. The number of likely N-dealkylation sites (N-methyl/N-ethyl adjacent to an activating group) is 1. The van der Waals surface area contributed by atoms with Gasteiger partial charge in [0.15, 0.2) is 0 Å². The van der Waals surface area contributed by atoms with Gasteiger partial charge in [-0.2, -0.15) is 0 Å². The van der Waals surface area contributed by atoms with E-state index in [-0.39, 0.29) is 6.10 Å². The first-order chi connectivity index (χ1) is 6.63. The lowest BCUT2D eigenvalue weighted by Gasteiger charge is -2.19. The number of ether oxygens (including phenoxy) is 1. The molecule has 0 aromatic heterocycles. The molecule has 0 saturated heterocycles. The second kappa shape index (κ2) is 5.10. The molecule has 3 nitrogen and oxygen atoms in total. The number of hydrogen-bond acceptors (Lipinski definition) is 3. The number of nitrogens with zero attached hydrogens (tertiary/aromatic N) is 1. The molecule has 1 aromatic rings. The van der Waals surface area contributed by atoms with E-state index in [1.54, 1.807) is 12.1 Å². The highest BCUT2D eigenvalue weighted by atomic mass is 16.5. The van der Waals surface area contributed by atoms with E-state index in [4.69, 9.17) is 10.6 Å². The SMILES string of the molecule is COC(CN(C)N)c1ccc(C)cc1. The summed E-state index contributed by atoms with van der Waals surface area (Å²) in [7, 11) is 3.54. The summed E-state index contributed by atoms with van der Waals surface area (Å²) in [5.74, 6) is 5.59. The van der Waals surface area contributed by atoms with Gasteiger partial charge in [-0.3, -0.25) is 5.84 Å². The second-order valence-corrected chi connectivity index (χ2v) is 3.57. The largest absolute Gasteiger partial charge is 0.375 e. The Balaban J connectivity index is 2.73. The van der Waals surface area contributed by atoms with Gasteiger partial charge < -0.3 is 4.74 Å². The maximum Gasteiger partial charge on any atom is 0.0961 e. The van der Waals surface area contributed by atoms with Crippen LogP contribution in [0.15, 0.2) is 24.3 Å². The molecule has 14 heavy (non-hydrogen) atoms. The summed E-state index contributed by atoms with van der Waals surface area (Å²) in [6, 6.07) is 8.32. The van der Waals surface area contributed by atoms with Crippen molar-refractivity contribution in [3.05, 3.63) is 35.4 Å². The number of rotatable bonds is 4. The third-order valence-electron chi connectivity index (χ3n) is 2.19. The first kappa shape index (κ1) is 11.2. The van der Waals surface area contributed by atoms with Crippen molar-refractivity contribution in [1.82, 2.24) is 5.01 Å². The fourth-order valence-electron chi connectivity index (χ4n) is 1.36. The first-order valence-electron chi connectivity index (χ1n) is 4.68. The molecule has 0 aliphatic rings. The fraction of sp³-hybridized carbons (Fsp3) is 0.455. The quantitative estimate of drug-likeness (QED) is 0.583. The zero-order chi connectivity index (χ0) is 10.6. The molecule has 78 valence electrons. The van der Waals surface area contributed by atoms with Crippen LogP contribution in [-0.2, 0) is 4.74 Å². The van der Waals surface area contributed by atoms with E-state index in [0.717, 1.165) is 5.56 Å². The lowest BCUT2D eigenvalue weighted by Crippen LogP contribution is -2.31. The summed E-state index contributed by atoms with van der Waals surface area (Å²) in [4.78, 5) is 0. The van der Waals surface area contributed by atoms with Crippen molar-refractivity contribution in [3.63, 3.8) is 0 Å². The minimum absolute atomic E-state index is 0.0469. The third-order valence-corrected chi connectivity index (χ3v) is 2.19. The Morgan fingerprint density at radius 3 is 2.36 bits per heavy atom. The van der Waals surface area contributed by atoms with Crippen molar-refractivity contribution in [1.29, 1.82) is 0 Å². The molecule has 0 aliphatic heterocycles. The molecule has 1 atom stereocenters. The third kappa shape index (κ3) is 3.10. The fourth-order valence-corrected chi connectivity index (χ4v) is 1.36. The zero-order valence-corrected chi connectivity index (χ0v) is 9.03. The van der Waals surface area contributed by atoms with E-state index < -0.39 is 0 Å². The molecule has 0 amide bonds. The predicted octanol–water partition coefficient (Wildman–Crippen LogP) is 1.49. The molecule has 0 spiro atoms. The zero-order valence-electron chi connectivity index (χ0n) is 9.03. The normalized spacial score (nSPS) is 13.2. The molecule has 0 fully saturated rings. The molecule has 0 heterocycles. The molecule has 1 aromatic carbocycles. The average molecular weight is 194 g/mol. The van der Waals surface area contributed by atoms with Gasteiger partial charge in [-0.1, -0.05) is 29.8 Å². The van der Waals surface area contributed by atoms with Crippen molar-refractivity contribution in [3.8, 4) is 0 Å². The van der Waals surface area contributed by atoms with E-state index in [1.165, 1.54) is 5.56 Å². The minimum Gasteiger partial charge on any atom is -0.375 e. The summed E-state index contributed by atoms with van der Waals surface area (Å²) in [6.45, 7) is 2.76. The Labute approximate surface area is 85.4 Å². The Kier molecular flexibility index (Phi) is 4.07. The molecular formula is C11H18N2O. The standard InChI is InChI=1S/C11H18N2O/c1-9-4-6-10(7-5-9)11(14-3)8-13(2)12/h4-7,11H,8,12H2,1-3H3. The van der Waals surface area contributed by atoms with Crippen molar-refractivity contribution < 1.29 is 4.74 Å². The van der Waals surface area contributed by atoms with Gasteiger partial charge in [0.05, 0.1) is 6.10 Å². The summed E-state index contributed by atoms with van der Waals surface area (Å²) < 4.78 is 5.37.